The zero-order valence-electron chi connectivity index (χ0n) is 10.0. The van der Waals surface area contributed by atoms with Crippen molar-refractivity contribution in [3.05, 3.63) is 59.5 Å². The molecule has 2 aromatic rings. The smallest absolute Gasteiger partial charge is 0.151 e. The van der Waals surface area contributed by atoms with E-state index >= 15 is 0 Å². The van der Waals surface area contributed by atoms with Crippen LogP contribution in [0.4, 0.5) is 10.2 Å². The van der Waals surface area contributed by atoms with Crippen molar-refractivity contribution in [1.82, 2.24) is 4.98 Å². The first-order chi connectivity index (χ1) is 8.69. The van der Waals surface area contributed by atoms with Crippen molar-refractivity contribution in [3.8, 4) is 0 Å². The second-order valence-electron chi connectivity index (χ2n) is 4.05. The van der Waals surface area contributed by atoms with Crippen molar-refractivity contribution >= 4 is 12.1 Å². The number of carbonyl (C=O) groups excluding carboxylic acids is 1. The average Bonchev–Trinajstić information content (AvgIpc) is 2.41. The molecule has 2 rings (SSSR count). The minimum atomic E-state index is -0.241. The normalized spacial score (nSPS) is 10.1. The Morgan fingerprint density at radius 2 is 1.94 bits per heavy atom. The van der Waals surface area contributed by atoms with Gasteiger partial charge in [-0.15, -0.1) is 0 Å². The highest BCUT2D eigenvalue weighted by molar-refractivity contribution is 5.74. The first kappa shape index (κ1) is 12.2. The quantitative estimate of drug-likeness (QED) is 0.775. The van der Waals surface area contributed by atoms with Gasteiger partial charge < -0.3 is 4.90 Å². The largest absolute Gasteiger partial charge is 0.355 e. The summed E-state index contributed by atoms with van der Waals surface area (Å²) in [6.07, 6.45) is 2.29. The lowest BCUT2D eigenvalue weighted by Crippen LogP contribution is -2.17. The fraction of sp³-hybridized carbons (Fsp3) is 0.143. The van der Waals surface area contributed by atoms with Crippen LogP contribution in [-0.4, -0.2) is 18.3 Å². The first-order valence-electron chi connectivity index (χ1n) is 5.56. The molecule has 0 aliphatic heterocycles. The molecule has 1 aromatic heterocycles. The monoisotopic (exact) mass is 244 g/mol. The van der Waals surface area contributed by atoms with E-state index < -0.39 is 0 Å². The highest BCUT2D eigenvalue weighted by atomic mass is 19.1. The Hall–Kier alpha value is -2.23. The number of aldehydes is 1. The number of carbonyl (C=O) groups is 1. The lowest BCUT2D eigenvalue weighted by Gasteiger charge is -2.18. The molecule has 4 heteroatoms. The van der Waals surface area contributed by atoms with Crippen LogP contribution < -0.4 is 4.90 Å². The Morgan fingerprint density at radius 1 is 1.22 bits per heavy atom. The van der Waals surface area contributed by atoms with Crippen molar-refractivity contribution in [3.63, 3.8) is 0 Å². The molecule has 0 fully saturated rings. The van der Waals surface area contributed by atoms with Crippen molar-refractivity contribution in [1.29, 1.82) is 0 Å². The van der Waals surface area contributed by atoms with Crippen LogP contribution >= 0.6 is 0 Å². The number of benzene rings is 1. The van der Waals surface area contributed by atoms with Gasteiger partial charge in [0.1, 0.15) is 11.6 Å². The van der Waals surface area contributed by atoms with Gasteiger partial charge >= 0.3 is 0 Å². The fourth-order valence-corrected chi connectivity index (χ4v) is 1.64. The van der Waals surface area contributed by atoms with Gasteiger partial charge in [-0.3, -0.25) is 4.79 Å². The summed E-state index contributed by atoms with van der Waals surface area (Å²) in [5.74, 6) is 0.528. The number of nitrogens with zero attached hydrogens (tertiary/aromatic N) is 2. The van der Waals surface area contributed by atoms with Gasteiger partial charge in [0.15, 0.2) is 6.29 Å². The molecule has 0 amide bonds. The topological polar surface area (TPSA) is 33.2 Å². The molecule has 1 aromatic carbocycles. The molecule has 0 atom stereocenters. The summed E-state index contributed by atoms with van der Waals surface area (Å²) in [5.41, 5.74) is 1.55. The Kier molecular flexibility index (Phi) is 3.67. The highest BCUT2D eigenvalue weighted by Gasteiger charge is 2.03. The molecule has 0 aliphatic rings. The van der Waals surface area contributed by atoms with Crippen LogP contribution in [0.1, 0.15) is 15.9 Å². The predicted molar refractivity (Wildman–Crippen MR) is 68.1 cm³/mol. The SMILES string of the molecule is CN(Cc1ccc(F)cc1)c1ccc(C=O)cn1. The van der Waals surface area contributed by atoms with Crippen molar-refractivity contribution < 1.29 is 9.18 Å². The van der Waals surface area contributed by atoms with E-state index in [0.29, 0.717) is 12.1 Å². The van der Waals surface area contributed by atoms with E-state index in [-0.39, 0.29) is 5.82 Å². The summed E-state index contributed by atoms with van der Waals surface area (Å²) in [6.45, 7) is 0.633. The minimum Gasteiger partial charge on any atom is -0.355 e. The number of rotatable bonds is 4. The molecule has 0 spiro atoms. The van der Waals surface area contributed by atoms with Gasteiger partial charge in [-0.05, 0) is 29.8 Å². The van der Waals surface area contributed by atoms with Gasteiger partial charge in [0, 0.05) is 25.4 Å². The number of aromatic nitrogens is 1. The first-order valence-corrected chi connectivity index (χ1v) is 5.56. The van der Waals surface area contributed by atoms with Crippen LogP contribution in [0.5, 0.6) is 0 Å². The van der Waals surface area contributed by atoms with E-state index in [1.165, 1.54) is 18.3 Å². The lowest BCUT2D eigenvalue weighted by atomic mass is 10.2. The summed E-state index contributed by atoms with van der Waals surface area (Å²) in [4.78, 5) is 16.6. The van der Waals surface area contributed by atoms with Crippen LogP contribution in [0.15, 0.2) is 42.6 Å². The second-order valence-corrected chi connectivity index (χ2v) is 4.05. The molecule has 0 unspecified atom stereocenters. The van der Waals surface area contributed by atoms with E-state index in [2.05, 4.69) is 4.98 Å². The summed E-state index contributed by atoms with van der Waals surface area (Å²) >= 11 is 0. The molecular weight excluding hydrogens is 231 g/mol. The molecule has 0 saturated heterocycles. The number of hydrogen-bond donors (Lipinski definition) is 0. The van der Waals surface area contributed by atoms with Gasteiger partial charge in [0.25, 0.3) is 0 Å². The standard InChI is InChI=1S/C14H13FN2O/c1-17(9-11-2-5-13(15)6-3-11)14-7-4-12(10-18)8-16-14/h2-8,10H,9H2,1H3. The van der Waals surface area contributed by atoms with Gasteiger partial charge in [-0.25, -0.2) is 9.37 Å². The maximum absolute atomic E-state index is 12.8. The van der Waals surface area contributed by atoms with Crippen molar-refractivity contribution in [2.24, 2.45) is 0 Å². The van der Waals surface area contributed by atoms with Crippen LogP contribution in [0, 0.1) is 5.82 Å². The van der Waals surface area contributed by atoms with Crippen LogP contribution in [0.3, 0.4) is 0 Å². The van der Waals surface area contributed by atoms with Gasteiger partial charge in [-0.2, -0.15) is 0 Å². The third kappa shape index (κ3) is 2.91. The van der Waals surface area contributed by atoms with Crippen molar-refractivity contribution in [2.75, 3.05) is 11.9 Å². The number of halogens is 1. The summed E-state index contributed by atoms with van der Waals surface area (Å²) < 4.78 is 12.8. The fourth-order valence-electron chi connectivity index (χ4n) is 1.64. The van der Waals surface area contributed by atoms with Crippen LogP contribution in [0.25, 0.3) is 0 Å². The maximum atomic E-state index is 12.8. The molecule has 1 heterocycles. The molecule has 0 radical (unpaired) electrons. The second kappa shape index (κ2) is 5.40. The molecule has 18 heavy (non-hydrogen) atoms. The zero-order valence-corrected chi connectivity index (χ0v) is 10.0. The minimum absolute atomic E-state index is 0.241. The summed E-state index contributed by atoms with van der Waals surface area (Å²) in [5, 5.41) is 0. The van der Waals surface area contributed by atoms with E-state index in [9.17, 15) is 9.18 Å². The van der Waals surface area contributed by atoms with E-state index in [1.807, 2.05) is 11.9 Å². The number of hydrogen-bond acceptors (Lipinski definition) is 3. The lowest BCUT2D eigenvalue weighted by molar-refractivity contribution is 0.112. The predicted octanol–water partition coefficient (Wildman–Crippen LogP) is 2.67. The molecular formula is C14H13FN2O. The Labute approximate surface area is 105 Å². The maximum Gasteiger partial charge on any atom is 0.151 e. The van der Waals surface area contributed by atoms with Gasteiger partial charge in [-0.1, -0.05) is 12.1 Å². The highest BCUT2D eigenvalue weighted by Crippen LogP contribution is 2.13. The van der Waals surface area contributed by atoms with E-state index in [4.69, 9.17) is 0 Å². The van der Waals surface area contributed by atoms with Crippen LogP contribution in [0.2, 0.25) is 0 Å². The van der Waals surface area contributed by atoms with Gasteiger partial charge in [0.2, 0.25) is 0 Å². The third-order valence-electron chi connectivity index (χ3n) is 2.63. The van der Waals surface area contributed by atoms with Gasteiger partial charge in [0.05, 0.1) is 0 Å². The molecule has 92 valence electrons. The Morgan fingerprint density at radius 3 is 2.50 bits per heavy atom. The molecule has 0 aliphatic carbocycles. The third-order valence-corrected chi connectivity index (χ3v) is 2.63. The molecule has 0 saturated carbocycles. The van der Waals surface area contributed by atoms with Crippen LogP contribution in [-0.2, 0) is 6.54 Å². The van der Waals surface area contributed by atoms with E-state index in [0.717, 1.165) is 17.7 Å². The average molecular weight is 244 g/mol. The zero-order chi connectivity index (χ0) is 13.0. The molecule has 0 bridgehead atoms. The van der Waals surface area contributed by atoms with Crippen molar-refractivity contribution in [2.45, 2.75) is 6.54 Å². The Balaban J connectivity index is 2.08. The number of pyridine rings is 1. The van der Waals surface area contributed by atoms with E-state index in [1.54, 1.807) is 24.3 Å². The Bertz CT molecular complexity index is 522. The summed E-state index contributed by atoms with van der Waals surface area (Å²) in [6, 6.07) is 9.86. The molecule has 3 nitrogen and oxygen atoms in total. The number of anilines is 1. The summed E-state index contributed by atoms with van der Waals surface area (Å²) in [7, 11) is 1.90. The molecule has 0 N–H and O–H groups in total.